The van der Waals surface area contributed by atoms with Crippen LogP contribution in [0.25, 0.3) is 36.9 Å². The molecule has 0 radical (unpaired) electrons. The molecule has 0 aliphatic heterocycles. The van der Waals surface area contributed by atoms with Crippen LogP contribution in [0.3, 0.4) is 0 Å². The fourth-order valence-corrected chi connectivity index (χ4v) is 0. The topological polar surface area (TPSA) is 201 Å². The van der Waals surface area contributed by atoms with Gasteiger partial charge in [-0.2, -0.15) is 0 Å². The third kappa shape index (κ3) is 576. The Kier molecular flexibility index (Phi) is 172000. The smallest absolute Gasteiger partial charge is 0 e. The van der Waals surface area contributed by atoms with Crippen LogP contribution in [0.1, 0.15) is 0 Å². The second kappa shape index (κ2) is 863. The molecule has 7 heteroatoms. The first-order valence-electron chi connectivity index (χ1n) is 0. The first-order chi connectivity index (χ1) is 0. The molecule has 0 bridgehead atoms. The van der Waals surface area contributed by atoms with Crippen molar-refractivity contribution in [2.45, 2.75) is 0 Å². The van der Waals surface area contributed by atoms with E-state index < -0.39 is 0 Å². The largest absolute Gasteiger partial charge is 0.693 e. The van der Waals surface area contributed by atoms with Gasteiger partial charge >= 0.3 is 0 Å². The van der Waals surface area contributed by atoms with E-state index in [2.05, 4.69) is 0 Å². The Bertz CT molecular complexity index is 4.14. The van der Waals surface area contributed by atoms with Crippen molar-refractivity contribution < 1.29 is 21.7 Å². The maximum Gasteiger partial charge on any atom is 0 e. The number of rotatable bonds is 0. The predicted octanol–water partition coefficient (Wildman–Crippen LogP) is 4.30. The molecule has 0 aliphatic carbocycles. The average Bonchev–Trinajstić information content (AvgIpc) is 0. The second-order valence-electron chi connectivity index (χ2n) is 0. The van der Waals surface area contributed by atoms with E-state index in [9.17, 15) is 0 Å². The molecule has 0 aliphatic rings. The quantitative estimate of drug-likeness (QED) is 0.436. The van der Waals surface area contributed by atoms with E-state index in [1.54, 1.807) is 0 Å². The molecule has 12 N–H and O–H groups in total. The first-order valence-corrected chi connectivity index (χ1v) is 0. The molecule has 0 fully saturated rings. The van der Waals surface area contributed by atoms with Gasteiger partial charge in [-0.05, 0) is 0 Å². The molecular weight excluding hydrogens is 132 g/mol. The van der Waals surface area contributed by atoms with E-state index in [-0.39, 0.29) is 58.6 Å². The molecule has 0 amide bonds. The molecule has 0 aromatic rings. The summed E-state index contributed by atoms with van der Waals surface area (Å²) in [6.45, 7) is 0. The average molecular weight is 144 g/mol. The van der Waals surface area contributed by atoms with Crippen molar-refractivity contribution in [1.29, 1.82) is 0 Å². The van der Waals surface area contributed by atoms with Crippen molar-refractivity contribution in [3.63, 3.8) is 0 Å². The van der Waals surface area contributed by atoms with Gasteiger partial charge in [-0.15, -0.1) is 0 Å². The zero-order valence-electron chi connectivity index (χ0n) is 3.96. The van der Waals surface area contributed by atoms with Crippen molar-refractivity contribution in [2.75, 3.05) is 0 Å². The van der Waals surface area contributed by atoms with Crippen LogP contribution >= 0.6 is 0 Å². The minimum absolute atomic E-state index is 0. The molecule has 0 saturated heterocycles. The monoisotopic (exact) mass is 144 g/mol. The molecule has 0 aromatic carbocycles. The van der Waals surface area contributed by atoms with Gasteiger partial charge in [0.15, 0.2) is 0 Å². The first kappa shape index (κ1) is 1390. The van der Waals surface area contributed by atoms with Gasteiger partial charge in [0.25, 0.3) is 0 Å². The van der Waals surface area contributed by atoms with Crippen LogP contribution in [-0.2, 0) is 21.7 Å². The standard InChI is InChI=1S/6H2N.Ti/h6*1H2;/q6*-1;. The summed E-state index contributed by atoms with van der Waals surface area (Å²) in [6, 6.07) is 0. The van der Waals surface area contributed by atoms with Gasteiger partial charge in [0.2, 0.25) is 0 Å². The van der Waals surface area contributed by atoms with Gasteiger partial charge in [0.1, 0.15) is 0 Å². The summed E-state index contributed by atoms with van der Waals surface area (Å²) in [6.07, 6.45) is 0. The van der Waals surface area contributed by atoms with Crippen LogP contribution in [0, 0.1) is 0 Å². The maximum absolute atomic E-state index is 0. The fraction of sp³-hybridized carbons (Fsp3) is 0. The molecule has 7 heavy (non-hydrogen) atoms. The Labute approximate surface area is 59.2 Å². The normalized spacial score (nSPS) is 0. The molecular formula is H12N6Ti-6. The van der Waals surface area contributed by atoms with Crippen molar-refractivity contribution in [3.05, 3.63) is 36.9 Å². The van der Waals surface area contributed by atoms with Gasteiger partial charge in [0, 0.05) is 21.7 Å². The predicted molar refractivity (Wildman–Crippen MR) is 31.7 cm³/mol. The third-order valence-corrected chi connectivity index (χ3v) is 0. The Morgan fingerprint density at radius 3 is 0.286 bits per heavy atom. The van der Waals surface area contributed by atoms with E-state index in [4.69, 9.17) is 0 Å². The minimum Gasteiger partial charge on any atom is -0.693 e. The number of hydrogen-bond donors (Lipinski definition) is 0. The number of nitrogens with two attached hydrogens (primary N) is 6. The molecule has 0 atom stereocenters. The maximum atomic E-state index is 0. The second-order valence-corrected chi connectivity index (χ2v) is 0. The molecule has 0 unspecified atom stereocenters. The Morgan fingerprint density at radius 1 is 0.286 bits per heavy atom. The Morgan fingerprint density at radius 2 is 0.286 bits per heavy atom. The summed E-state index contributed by atoms with van der Waals surface area (Å²) in [7, 11) is 0. The fourth-order valence-electron chi connectivity index (χ4n) is 0. The molecule has 6 nitrogen and oxygen atoms in total. The van der Waals surface area contributed by atoms with Crippen molar-refractivity contribution in [2.24, 2.45) is 0 Å². The molecule has 0 rings (SSSR count). The van der Waals surface area contributed by atoms with E-state index >= 15 is 0 Å². The van der Waals surface area contributed by atoms with E-state index in [1.807, 2.05) is 0 Å². The zero-order chi connectivity index (χ0) is 0. The SMILES string of the molecule is [NH2-].[NH2-].[NH2-].[NH2-].[NH2-].[NH2-].[Ti]. The van der Waals surface area contributed by atoms with Crippen molar-refractivity contribution >= 4 is 0 Å². The molecule has 52 valence electrons. The summed E-state index contributed by atoms with van der Waals surface area (Å²) in [5, 5.41) is 0. The zero-order valence-corrected chi connectivity index (χ0v) is 5.53. The van der Waals surface area contributed by atoms with Gasteiger partial charge in [-0.3, -0.25) is 0 Å². The summed E-state index contributed by atoms with van der Waals surface area (Å²) >= 11 is 0. The summed E-state index contributed by atoms with van der Waals surface area (Å²) in [5.74, 6) is 0. The third-order valence-electron chi connectivity index (χ3n) is 0. The Hall–Kier alpha value is 0.474. The molecule has 0 saturated carbocycles. The van der Waals surface area contributed by atoms with Crippen LogP contribution in [0.5, 0.6) is 0 Å². The van der Waals surface area contributed by atoms with Crippen LogP contribution < -0.4 is 0 Å². The van der Waals surface area contributed by atoms with Gasteiger partial charge < -0.3 is 36.9 Å². The molecule has 0 aromatic heterocycles. The van der Waals surface area contributed by atoms with E-state index in [0.717, 1.165) is 0 Å². The van der Waals surface area contributed by atoms with E-state index in [1.165, 1.54) is 0 Å². The van der Waals surface area contributed by atoms with Gasteiger partial charge in [-0.1, -0.05) is 0 Å². The minimum atomic E-state index is 0. The number of hydrogen-bond acceptors (Lipinski definition) is 0. The van der Waals surface area contributed by atoms with Gasteiger partial charge in [0.05, 0.1) is 0 Å². The van der Waals surface area contributed by atoms with Crippen LogP contribution in [0.2, 0.25) is 0 Å². The van der Waals surface area contributed by atoms with Crippen LogP contribution in [-0.4, -0.2) is 0 Å². The van der Waals surface area contributed by atoms with Crippen molar-refractivity contribution in [3.8, 4) is 0 Å². The molecule has 0 heterocycles. The summed E-state index contributed by atoms with van der Waals surface area (Å²) in [5.41, 5.74) is 0. The Balaban J connectivity index is 0. The molecule has 0 spiro atoms. The van der Waals surface area contributed by atoms with Crippen LogP contribution in [0.15, 0.2) is 0 Å². The summed E-state index contributed by atoms with van der Waals surface area (Å²) in [4.78, 5) is 0. The van der Waals surface area contributed by atoms with Crippen LogP contribution in [0.4, 0.5) is 0 Å². The summed E-state index contributed by atoms with van der Waals surface area (Å²) < 4.78 is 0. The van der Waals surface area contributed by atoms with Gasteiger partial charge in [-0.25, -0.2) is 0 Å². The van der Waals surface area contributed by atoms with Crippen molar-refractivity contribution in [1.82, 2.24) is 0 Å². The van der Waals surface area contributed by atoms with E-state index in [0.29, 0.717) is 0 Å².